The first-order chi connectivity index (χ1) is 7.72. The van der Waals surface area contributed by atoms with Gasteiger partial charge in [0.05, 0.1) is 7.11 Å². The molecular weight excluding hydrogens is 198 g/mol. The lowest BCUT2D eigenvalue weighted by Gasteiger charge is -2.29. The number of hydrogen-bond donors (Lipinski definition) is 1. The summed E-state index contributed by atoms with van der Waals surface area (Å²) in [6.07, 6.45) is 5.14. The Morgan fingerprint density at radius 3 is 2.44 bits per heavy atom. The maximum Gasteiger partial charge on any atom is 0.121 e. The zero-order valence-electron chi connectivity index (χ0n) is 10.5. The Balaban J connectivity index is 2.36. The molecule has 0 radical (unpaired) electrons. The normalized spacial score (nSPS) is 18.7. The molecule has 2 nitrogen and oxygen atoms in total. The average molecular weight is 219 g/mol. The molecule has 2 rings (SSSR count). The van der Waals surface area contributed by atoms with Crippen LogP contribution < -0.4 is 10.1 Å². The molecule has 0 saturated heterocycles. The molecule has 1 fully saturated rings. The number of aryl methyl sites for hydroxylation is 1. The van der Waals surface area contributed by atoms with Gasteiger partial charge in [0.25, 0.3) is 0 Å². The topological polar surface area (TPSA) is 21.3 Å². The maximum absolute atomic E-state index is 5.31. The minimum absolute atomic E-state index is 0.205. The van der Waals surface area contributed by atoms with E-state index in [4.69, 9.17) is 4.74 Å². The largest absolute Gasteiger partial charge is 0.496 e. The highest BCUT2D eigenvalue weighted by Crippen LogP contribution is 2.39. The van der Waals surface area contributed by atoms with E-state index in [1.54, 1.807) is 7.11 Å². The van der Waals surface area contributed by atoms with E-state index in [-0.39, 0.29) is 5.54 Å². The Kier molecular flexibility index (Phi) is 3.20. The van der Waals surface area contributed by atoms with Crippen LogP contribution in [0.3, 0.4) is 0 Å². The molecule has 0 aliphatic heterocycles. The van der Waals surface area contributed by atoms with E-state index in [1.165, 1.54) is 36.8 Å². The highest BCUT2D eigenvalue weighted by molar-refractivity contribution is 5.39. The molecule has 0 unspecified atom stereocenters. The Bertz CT molecular complexity index is 367. The Morgan fingerprint density at radius 2 is 1.94 bits per heavy atom. The van der Waals surface area contributed by atoms with Crippen molar-refractivity contribution >= 4 is 0 Å². The molecule has 0 aromatic heterocycles. The van der Waals surface area contributed by atoms with Gasteiger partial charge < -0.3 is 10.1 Å². The third kappa shape index (κ3) is 1.82. The number of nitrogens with one attached hydrogen (secondary N) is 1. The lowest BCUT2D eigenvalue weighted by Crippen LogP contribution is -2.36. The Labute approximate surface area is 98.0 Å². The molecule has 1 aromatic rings. The molecule has 0 spiro atoms. The van der Waals surface area contributed by atoms with Gasteiger partial charge in [-0.3, -0.25) is 0 Å². The van der Waals surface area contributed by atoms with E-state index in [0.717, 1.165) is 5.75 Å². The van der Waals surface area contributed by atoms with E-state index in [0.29, 0.717) is 0 Å². The first-order valence-electron chi connectivity index (χ1n) is 6.06. The van der Waals surface area contributed by atoms with Crippen molar-refractivity contribution in [3.05, 3.63) is 29.3 Å². The Hall–Kier alpha value is -1.02. The van der Waals surface area contributed by atoms with Crippen molar-refractivity contribution in [3.8, 4) is 5.75 Å². The molecule has 1 aliphatic rings. The molecule has 0 amide bonds. The lowest BCUT2D eigenvalue weighted by atomic mass is 9.87. The highest BCUT2D eigenvalue weighted by atomic mass is 16.5. The minimum atomic E-state index is 0.205. The summed E-state index contributed by atoms with van der Waals surface area (Å²) in [6, 6.07) is 6.55. The summed E-state index contributed by atoms with van der Waals surface area (Å²) < 4.78 is 5.31. The number of benzene rings is 1. The van der Waals surface area contributed by atoms with Crippen LogP contribution in [0, 0.1) is 6.92 Å². The van der Waals surface area contributed by atoms with E-state index < -0.39 is 0 Å². The van der Waals surface area contributed by atoms with E-state index in [9.17, 15) is 0 Å². The van der Waals surface area contributed by atoms with Crippen LogP contribution in [0.15, 0.2) is 18.2 Å². The van der Waals surface area contributed by atoms with Crippen LogP contribution >= 0.6 is 0 Å². The monoisotopic (exact) mass is 219 g/mol. The van der Waals surface area contributed by atoms with Crippen molar-refractivity contribution in [2.75, 3.05) is 14.2 Å². The fourth-order valence-electron chi connectivity index (χ4n) is 2.84. The van der Waals surface area contributed by atoms with Crippen LogP contribution in [-0.2, 0) is 5.54 Å². The second-order valence-electron chi connectivity index (χ2n) is 4.72. The van der Waals surface area contributed by atoms with Gasteiger partial charge in [0.2, 0.25) is 0 Å². The van der Waals surface area contributed by atoms with Crippen LogP contribution in [0.1, 0.15) is 36.8 Å². The molecule has 0 bridgehead atoms. The molecule has 1 aliphatic carbocycles. The molecule has 16 heavy (non-hydrogen) atoms. The van der Waals surface area contributed by atoms with Crippen molar-refractivity contribution in [3.63, 3.8) is 0 Å². The predicted molar refractivity (Wildman–Crippen MR) is 66.9 cm³/mol. The third-order valence-corrected chi connectivity index (χ3v) is 3.88. The van der Waals surface area contributed by atoms with Crippen molar-refractivity contribution in [1.82, 2.24) is 5.32 Å². The van der Waals surface area contributed by atoms with Crippen molar-refractivity contribution in [1.29, 1.82) is 0 Å². The zero-order chi connectivity index (χ0) is 11.6. The summed E-state index contributed by atoms with van der Waals surface area (Å²) in [6.45, 7) is 2.11. The average Bonchev–Trinajstić information content (AvgIpc) is 2.78. The first-order valence-corrected chi connectivity index (χ1v) is 6.06. The molecule has 0 heterocycles. The number of methoxy groups -OCH3 is 1. The summed E-state index contributed by atoms with van der Waals surface area (Å²) in [5.41, 5.74) is 2.84. The molecule has 1 aromatic carbocycles. The molecule has 0 atom stereocenters. The third-order valence-electron chi connectivity index (χ3n) is 3.88. The van der Waals surface area contributed by atoms with Crippen LogP contribution in [0.5, 0.6) is 5.75 Å². The molecule has 1 saturated carbocycles. The highest BCUT2D eigenvalue weighted by Gasteiger charge is 2.33. The maximum atomic E-state index is 5.31. The molecule has 1 N–H and O–H groups in total. The zero-order valence-corrected chi connectivity index (χ0v) is 10.5. The van der Waals surface area contributed by atoms with Crippen LogP contribution in [-0.4, -0.2) is 14.2 Å². The summed E-state index contributed by atoms with van der Waals surface area (Å²) in [5, 5.41) is 3.52. The van der Waals surface area contributed by atoms with Gasteiger partial charge in [-0.25, -0.2) is 0 Å². The number of ether oxygens (including phenoxy) is 1. The van der Waals surface area contributed by atoms with E-state index >= 15 is 0 Å². The van der Waals surface area contributed by atoms with Crippen LogP contribution in [0.2, 0.25) is 0 Å². The predicted octanol–water partition coefficient (Wildman–Crippen LogP) is 2.99. The first kappa shape index (κ1) is 11.5. The summed E-state index contributed by atoms with van der Waals surface area (Å²) in [5.74, 6) is 0.980. The molecule has 2 heteroatoms. The summed E-state index contributed by atoms with van der Waals surface area (Å²) in [4.78, 5) is 0. The van der Waals surface area contributed by atoms with Gasteiger partial charge in [-0.05, 0) is 44.0 Å². The second-order valence-corrected chi connectivity index (χ2v) is 4.72. The quantitative estimate of drug-likeness (QED) is 0.843. The number of rotatable bonds is 3. The smallest absolute Gasteiger partial charge is 0.121 e. The summed E-state index contributed by atoms with van der Waals surface area (Å²) in [7, 11) is 3.80. The van der Waals surface area contributed by atoms with Gasteiger partial charge in [0, 0.05) is 5.54 Å². The van der Waals surface area contributed by atoms with Gasteiger partial charge in [0.15, 0.2) is 0 Å². The number of hydrogen-bond acceptors (Lipinski definition) is 2. The van der Waals surface area contributed by atoms with Crippen molar-refractivity contribution < 1.29 is 4.74 Å². The van der Waals surface area contributed by atoms with Gasteiger partial charge in [-0.1, -0.05) is 25.0 Å². The van der Waals surface area contributed by atoms with Crippen molar-refractivity contribution in [2.24, 2.45) is 0 Å². The van der Waals surface area contributed by atoms with Gasteiger partial charge in [-0.2, -0.15) is 0 Å². The van der Waals surface area contributed by atoms with E-state index in [2.05, 4.69) is 37.5 Å². The van der Waals surface area contributed by atoms with Crippen LogP contribution in [0.4, 0.5) is 0 Å². The lowest BCUT2D eigenvalue weighted by molar-refractivity contribution is 0.370. The minimum Gasteiger partial charge on any atom is -0.496 e. The van der Waals surface area contributed by atoms with Gasteiger partial charge >= 0.3 is 0 Å². The summed E-state index contributed by atoms with van der Waals surface area (Å²) >= 11 is 0. The Morgan fingerprint density at radius 1 is 1.25 bits per heavy atom. The fraction of sp³-hybridized carbons (Fsp3) is 0.571. The van der Waals surface area contributed by atoms with E-state index in [1.807, 2.05) is 0 Å². The fourth-order valence-corrected chi connectivity index (χ4v) is 2.84. The molecule has 88 valence electrons. The van der Waals surface area contributed by atoms with Gasteiger partial charge in [0.1, 0.15) is 5.75 Å². The van der Waals surface area contributed by atoms with Crippen molar-refractivity contribution in [2.45, 2.75) is 38.1 Å². The standard InChI is InChI=1S/C14H21NO/c1-11-10-12(6-7-13(11)16-3)14(15-2)8-4-5-9-14/h6-7,10,15H,4-5,8-9H2,1-3H3. The second kappa shape index (κ2) is 4.46. The van der Waals surface area contributed by atoms with Crippen LogP contribution in [0.25, 0.3) is 0 Å². The van der Waals surface area contributed by atoms with Gasteiger partial charge in [-0.15, -0.1) is 0 Å². The molecular formula is C14H21NO. The SMILES string of the molecule is CNC1(c2ccc(OC)c(C)c2)CCCC1.